The molecule has 2 aromatic rings. The molecule has 0 radical (unpaired) electrons. The van der Waals surface area contributed by atoms with Crippen LogP contribution in [0.3, 0.4) is 0 Å². The third kappa shape index (κ3) is 2.07. The van der Waals surface area contributed by atoms with Crippen LogP contribution in [0.4, 0.5) is 0 Å². The molecule has 0 spiro atoms. The van der Waals surface area contributed by atoms with E-state index in [0.717, 1.165) is 5.56 Å². The van der Waals surface area contributed by atoms with E-state index in [9.17, 15) is 4.79 Å². The van der Waals surface area contributed by atoms with Crippen LogP contribution in [0.1, 0.15) is 27.5 Å². The topological polar surface area (TPSA) is 39.0 Å². The minimum atomic E-state index is -0.0601. The molecule has 2 atom stereocenters. The highest BCUT2D eigenvalue weighted by molar-refractivity contribution is 6.02. The van der Waals surface area contributed by atoms with E-state index in [2.05, 4.69) is 36.5 Å². The van der Waals surface area contributed by atoms with Crippen LogP contribution in [0.25, 0.3) is 0 Å². The molecule has 2 nitrogen and oxygen atoms in total. The van der Waals surface area contributed by atoms with E-state index in [0.29, 0.717) is 0 Å². The number of Topliss-reactive ketones (excluding diaryl/α,β-unsaturated/α-hetero) is 1. The lowest BCUT2D eigenvalue weighted by Gasteiger charge is -1.99. The lowest BCUT2D eigenvalue weighted by Crippen LogP contribution is -2.09. The van der Waals surface area contributed by atoms with Crippen LogP contribution in [0.5, 0.6) is 0 Å². The molecule has 90 valence electrons. The summed E-state index contributed by atoms with van der Waals surface area (Å²) in [4.78, 5) is 12.2. The van der Waals surface area contributed by atoms with E-state index < -0.39 is 0 Å². The van der Waals surface area contributed by atoms with Crippen LogP contribution in [-0.2, 0) is 0 Å². The Morgan fingerprint density at radius 3 is 2.33 bits per heavy atom. The van der Waals surface area contributed by atoms with E-state index in [1.165, 1.54) is 11.1 Å². The maximum atomic E-state index is 12.2. The number of ketones is 1. The first-order chi connectivity index (χ1) is 8.75. The lowest BCUT2D eigenvalue weighted by atomic mass is 10.0. The molecular weight excluding hydrogens is 222 g/mol. The summed E-state index contributed by atoms with van der Waals surface area (Å²) < 4.78 is 0. The summed E-state index contributed by atoms with van der Waals surface area (Å²) in [7, 11) is 0. The summed E-state index contributed by atoms with van der Waals surface area (Å²) in [5.41, 5.74) is 3.21. The number of aryl methyl sites for hydroxylation is 1. The molecule has 1 N–H and O–H groups in total. The van der Waals surface area contributed by atoms with Crippen LogP contribution < -0.4 is 5.32 Å². The Labute approximate surface area is 107 Å². The molecule has 1 heterocycles. The predicted molar refractivity (Wildman–Crippen MR) is 71.6 cm³/mol. The smallest absolute Gasteiger partial charge is 0.181 e. The summed E-state index contributed by atoms with van der Waals surface area (Å²) in [6.07, 6.45) is 0. The SMILES string of the molecule is Cc1ccc([C@@H]2N[C@H]2C(=O)c2ccccc2)cc1. The molecule has 18 heavy (non-hydrogen) atoms. The molecule has 1 aliphatic heterocycles. The molecule has 0 bridgehead atoms. The molecule has 0 unspecified atom stereocenters. The molecule has 1 fully saturated rings. The van der Waals surface area contributed by atoms with Gasteiger partial charge in [0.25, 0.3) is 0 Å². The highest BCUT2D eigenvalue weighted by Gasteiger charge is 2.43. The molecular formula is C16H15NO. The van der Waals surface area contributed by atoms with E-state index in [1.54, 1.807) is 0 Å². The van der Waals surface area contributed by atoms with Gasteiger partial charge < -0.3 is 0 Å². The third-order valence-corrected chi connectivity index (χ3v) is 3.36. The Balaban J connectivity index is 1.75. The van der Waals surface area contributed by atoms with E-state index in [4.69, 9.17) is 0 Å². The van der Waals surface area contributed by atoms with Gasteiger partial charge in [-0.25, -0.2) is 0 Å². The first kappa shape index (κ1) is 11.2. The number of carbonyl (C=O) groups is 1. The zero-order chi connectivity index (χ0) is 12.5. The van der Waals surface area contributed by atoms with Crippen molar-refractivity contribution in [2.45, 2.75) is 19.0 Å². The summed E-state index contributed by atoms with van der Waals surface area (Å²) in [6.45, 7) is 2.07. The standard InChI is InChI=1S/C16H15NO/c1-11-7-9-12(10-8-11)14-15(17-14)16(18)13-5-3-2-4-6-13/h2-10,14-15,17H,1H3/t14-,15+/m0/s1. The number of benzene rings is 2. The lowest BCUT2D eigenvalue weighted by molar-refractivity contribution is 0.0988. The van der Waals surface area contributed by atoms with Gasteiger partial charge in [-0.3, -0.25) is 10.1 Å². The van der Waals surface area contributed by atoms with Crippen molar-refractivity contribution in [2.24, 2.45) is 0 Å². The van der Waals surface area contributed by atoms with Crippen LogP contribution in [-0.4, -0.2) is 11.8 Å². The Bertz CT molecular complexity index is 559. The number of hydrogen-bond donors (Lipinski definition) is 1. The predicted octanol–water partition coefficient (Wildman–Crippen LogP) is 2.89. The number of rotatable bonds is 3. The van der Waals surface area contributed by atoms with Gasteiger partial charge in [0.15, 0.2) is 5.78 Å². The second-order valence-corrected chi connectivity index (χ2v) is 4.76. The van der Waals surface area contributed by atoms with Gasteiger partial charge in [0.05, 0.1) is 12.1 Å². The fraction of sp³-hybridized carbons (Fsp3) is 0.188. The van der Waals surface area contributed by atoms with Crippen LogP contribution in [0, 0.1) is 6.92 Å². The molecule has 0 amide bonds. The van der Waals surface area contributed by atoms with Gasteiger partial charge in [0.2, 0.25) is 0 Å². The average molecular weight is 237 g/mol. The Morgan fingerprint density at radius 2 is 1.67 bits per heavy atom. The zero-order valence-corrected chi connectivity index (χ0v) is 10.3. The number of hydrogen-bond acceptors (Lipinski definition) is 2. The first-order valence-electron chi connectivity index (χ1n) is 6.17. The molecule has 3 rings (SSSR count). The van der Waals surface area contributed by atoms with Crippen LogP contribution >= 0.6 is 0 Å². The van der Waals surface area contributed by atoms with Crippen molar-refractivity contribution in [1.29, 1.82) is 0 Å². The van der Waals surface area contributed by atoms with E-state index in [-0.39, 0.29) is 17.9 Å². The second-order valence-electron chi connectivity index (χ2n) is 4.76. The Kier molecular flexibility index (Phi) is 2.73. The van der Waals surface area contributed by atoms with Crippen molar-refractivity contribution in [2.75, 3.05) is 0 Å². The van der Waals surface area contributed by atoms with Crippen molar-refractivity contribution in [3.05, 3.63) is 71.3 Å². The minimum absolute atomic E-state index is 0.0601. The molecule has 2 aromatic carbocycles. The summed E-state index contributed by atoms with van der Waals surface area (Å²) in [6, 6.07) is 17.9. The van der Waals surface area contributed by atoms with Crippen molar-refractivity contribution >= 4 is 5.78 Å². The van der Waals surface area contributed by atoms with Gasteiger partial charge in [-0.15, -0.1) is 0 Å². The molecule has 1 aliphatic rings. The molecule has 0 aromatic heterocycles. The highest BCUT2D eigenvalue weighted by atomic mass is 16.1. The number of carbonyl (C=O) groups excluding carboxylic acids is 1. The van der Waals surface area contributed by atoms with Crippen LogP contribution in [0.2, 0.25) is 0 Å². The zero-order valence-electron chi connectivity index (χ0n) is 10.3. The number of nitrogens with one attached hydrogen (secondary N) is 1. The normalized spacial score (nSPS) is 21.6. The van der Waals surface area contributed by atoms with Gasteiger partial charge in [0.1, 0.15) is 0 Å². The fourth-order valence-corrected chi connectivity index (χ4v) is 2.21. The summed E-state index contributed by atoms with van der Waals surface area (Å²) in [5, 5.41) is 3.25. The fourth-order valence-electron chi connectivity index (χ4n) is 2.21. The van der Waals surface area contributed by atoms with Crippen molar-refractivity contribution in [1.82, 2.24) is 5.32 Å². The van der Waals surface area contributed by atoms with Crippen molar-refractivity contribution in [3.63, 3.8) is 0 Å². The molecule has 2 heteroatoms. The van der Waals surface area contributed by atoms with E-state index in [1.807, 2.05) is 30.3 Å². The summed E-state index contributed by atoms with van der Waals surface area (Å²) in [5.74, 6) is 0.182. The summed E-state index contributed by atoms with van der Waals surface area (Å²) >= 11 is 0. The van der Waals surface area contributed by atoms with Gasteiger partial charge in [-0.1, -0.05) is 60.2 Å². The maximum absolute atomic E-state index is 12.2. The first-order valence-corrected chi connectivity index (χ1v) is 6.17. The third-order valence-electron chi connectivity index (χ3n) is 3.36. The van der Waals surface area contributed by atoms with Gasteiger partial charge >= 0.3 is 0 Å². The van der Waals surface area contributed by atoms with Gasteiger partial charge in [-0.2, -0.15) is 0 Å². The molecule has 0 aliphatic carbocycles. The maximum Gasteiger partial charge on any atom is 0.181 e. The molecule has 1 saturated heterocycles. The average Bonchev–Trinajstić information content (AvgIpc) is 3.20. The van der Waals surface area contributed by atoms with Gasteiger partial charge in [-0.05, 0) is 12.5 Å². The minimum Gasteiger partial charge on any atom is -0.297 e. The van der Waals surface area contributed by atoms with Gasteiger partial charge in [0, 0.05) is 5.56 Å². The van der Waals surface area contributed by atoms with Crippen LogP contribution in [0.15, 0.2) is 54.6 Å². The Morgan fingerprint density at radius 1 is 1.00 bits per heavy atom. The monoisotopic (exact) mass is 237 g/mol. The van der Waals surface area contributed by atoms with Crippen molar-refractivity contribution in [3.8, 4) is 0 Å². The largest absolute Gasteiger partial charge is 0.297 e. The highest BCUT2D eigenvalue weighted by Crippen LogP contribution is 2.32. The van der Waals surface area contributed by atoms with E-state index >= 15 is 0 Å². The molecule has 0 saturated carbocycles. The second kappa shape index (κ2) is 4.39. The quantitative estimate of drug-likeness (QED) is 0.658. The van der Waals surface area contributed by atoms with Crippen molar-refractivity contribution < 1.29 is 4.79 Å². The Hall–Kier alpha value is -1.93.